The highest BCUT2D eigenvalue weighted by atomic mass is 15.0. The van der Waals surface area contributed by atoms with Gasteiger partial charge in [0.15, 0.2) is 0 Å². The highest BCUT2D eigenvalue weighted by molar-refractivity contribution is 5.05. The molecular weight excluding hydrogens is 146 g/mol. The van der Waals surface area contributed by atoms with E-state index >= 15 is 0 Å². The van der Waals surface area contributed by atoms with Crippen molar-refractivity contribution in [2.45, 2.75) is 40.0 Å². The first-order chi connectivity index (χ1) is 5.52. The number of rotatable bonds is 1. The molecule has 0 aromatic heterocycles. The van der Waals surface area contributed by atoms with Crippen LogP contribution in [0.3, 0.4) is 0 Å². The first kappa shape index (κ1) is 8.55. The average molecular weight is 167 g/mol. The number of hydrogen-bond acceptors (Lipinski definition) is 1. The lowest BCUT2D eigenvalue weighted by molar-refractivity contribution is 0.251. The summed E-state index contributed by atoms with van der Waals surface area (Å²) in [6.07, 6.45) is 4.38. The highest BCUT2D eigenvalue weighted by Gasteiger charge is 2.52. The minimum absolute atomic E-state index is 0.520. The molecule has 12 heavy (non-hydrogen) atoms. The maximum Gasteiger partial charge on any atom is 0.00111 e. The van der Waals surface area contributed by atoms with Gasteiger partial charge in [-0.15, -0.1) is 0 Å². The minimum atomic E-state index is 0.520. The summed E-state index contributed by atoms with van der Waals surface area (Å²) in [5.41, 5.74) is 1.28. The van der Waals surface area contributed by atoms with E-state index in [4.69, 9.17) is 0 Å². The third-order valence-electron chi connectivity index (χ3n) is 3.48. The molecule has 1 atom stereocenters. The normalized spacial score (nSPS) is 32.8. The van der Waals surface area contributed by atoms with Crippen LogP contribution in [0.15, 0.2) is 0 Å². The fourth-order valence-electron chi connectivity index (χ4n) is 2.63. The molecule has 0 bridgehead atoms. The Hall–Kier alpha value is -0.0400. The predicted molar refractivity (Wildman–Crippen MR) is 52.1 cm³/mol. The van der Waals surface area contributed by atoms with E-state index in [-0.39, 0.29) is 0 Å². The second kappa shape index (κ2) is 2.47. The van der Waals surface area contributed by atoms with Crippen LogP contribution in [0.2, 0.25) is 0 Å². The van der Waals surface area contributed by atoms with Crippen molar-refractivity contribution in [3.63, 3.8) is 0 Å². The Balaban J connectivity index is 1.96. The van der Waals surface area contributed by atoms with Crippen LogP contribution in [0.25, 0.3) is 0 Å². The van der Waals surface area contributed by atoms with E-state index in [2.05, 4.69) is 26.1 Å². The molecule has 2 fully saturated rings. The number of nitrogens with one attached hydrogen (secondary N) is 1. The summed E-state index contributed by atoms with van der Waals surface area (Å²) in [6, 6.07) is 0. The van der Waals surface area contributed by atoms with E-state index in [0.29, 0.717) is 5.41 Å². The smallest absolute Gasteiger partial charge is 0.00111 e. The van der Waals surface area contributed by atoms with Gasteiger partial charge in [0, 0.05) is 6.54 Å². The molecule has 0 aromatic carbocycles. The van der Waals surface area contributed by atoms with Crippen LogP contribution in [0.5, 0.6) is 0 Å². The highest BCUT2D eigenvalue weighted by Crippen LogP contribution is 2.56. The minimum Gasteiger partial charge on any atom is -0.316 e. The van der Waals surface area contributed by atoms with Crippen molar-refractivity contribution in [3.05, 3.63) is 0 Å². The van der Waals surface area contributed by atoms with Crippen molar-refractivity contribution in [2.24, 2.45) is 16.7 Å². The van der Waals surface area contributed by atoms with Gasteiger partial charge in [0.25, 0.3) is 0 Å². The van der Waals surface area contributed by atoms with Gasteiger partial charge in [0.1, 0.15) is 0 Å². The molecular formula is C11H21N. The second-order valence-corrected chi connectivity index (χ2v) is 5.95. The summed E-state index contributed by atoms with van der Waals surface area (Å²) >= 11 is 0. The van der Waals surface area contributed by atoms with E-state index in [1.54, 1.807) is 0 Å². The molecule has 1 heteroatoms. The van der Waals surface area contributed by atoms with Gasteiger partial charge in [-0.3, -0.25) is 0 Å². The summed E-state index contributed by atoms with van der Waals surface area (Å²) in [4.78, 5) is 0. The molecule has 1 unspecified atom stereocenters. The van der Waals surface area contributed by atoms with Crippen LogP contribution >= 0.6 is 0 Å². The summed E-state index contributed by atoms with van der Waals surface area (Å²) < 4.78 is 0. The molecule has 0 aromatic rings. The molecule has 0 radical (unpaired) electrons. The van der Waals surface area contributed by atoms with Gasteiger partial charge in [-0.2, -0.15) is 0 Å². The second-order valence-electron chi connectivity index (χ2n) is 5.95. The molecule has 70 valence electrons. The summed E-state index contributed by atoms with van der Waals surface area (Å²) in [6.45, 7) is 9.66. The zero-order valence-electron chi connectivity index (χ0n) is 8.61. The van der Waals surface area contributed by atoms with Crippen molar-refractivity contribution in [1.82, 2.24) is 5.32 Å². The van der Waals surface area contributed by atoms with Gasteiger partial charge in [0.2, 0.25) is 0 Å². The van der Waals surface area contributed by atoms with Crippen molar-refractivity contribution in [3.8, 4) is 0 Å². The topological polar surface area (TPSA) is 12.0 Å². The molecule has 1 N–H and O–H groups in total. The molecule has 1 nitrogen and oxygen atoms in total. The first-order valence-electron chi connectivity index (χ1n) is 5.23. The van der Waals surface area contributed by atoms with Crippen LogP contribution in [0, 0.1) is 16.7 Å². The Labute approximate surface area is 75.9 Å². The van der Waals surface area contributed by atoms with Crippen LogP contribution in [0.4, 0.5) is 0 Å². The molecule has 2 rings (SSSR count). The van der Waals surface area contributed by atoms with Gasteiger partial charge in [-0.1, -0.05) is 20.8 Å². The fourth-order valence-corrected chi connectivity index (χ4v) is 2.63. The van der Waals surface area contributed by atoms with Gasteiger partial charge in [-0.05, 0) is 42.6 Å². The number of hydrogen-bond donors (Lipinski definition) is 1. The maximum atomic E-state index is 3.55. The quantitative estimate of drug-likeness (QED) is 0.632. The first-order valence-corrected chi connectivity index (χ1v) is 5.23. The average Bonchev–Trinajstić information content (AvgIpc) is 2.54. The molecule has 1 aliphatic carbocycles. The zero-order chi connectivity index (χ0) is 8.82. The van der Waals surface area contributed by atoms with Gasteiger partial charge in [0.05, 0.1) is 0 Å². The maximum absolute atomic E-state index is 3.55. The summed E-state index contributed by atoms with van der Waals surface area (Å²) in [7, 11) is 0. The van der Waals surface area contributed by atoms with Gasteiger partial charge >= 0.3 is 0 Å². The van der Waals surface area contributed by atoms with Crippen LogP contribution in [-0.4, -0.2) is 13.1 Å². The van der Waals surface area contributed by atoms with E-state index in [0.717, 1.165) is 11.3 Å². The molecule has 1 spiro atoms. The van der Waals surface area contributed by atoms with Crippen LogP contribution in [0.1, 0.15) is 40.0 Å². The standard InChI is InChI=1S/C11H21N/c1-10(2,3)6-9-7-12-8-11(9)4-5-11/h9,12H,4-8H2,1-3H3. The largest absolute Gasteiger partial charge is 0.316 e. The Morgan fingerprint density at radius 3 is 2.50 bits per heavy atom. The van der Waals surface area contributed by atoms with Crippen molar-refractivity contribution < 1.29 is 0 Å². The zero-order valence-corrected chi connectivity index (χ0v) is 8.61. The Bertz CT molecular complexity index is 174. The van der Waals surface area contributed by atoms with Crippen molar-refractivity contribution in [2.75, 3.05) is 13.1 Å². The van der Waals surface area contributed by atoms with E-state index < -0.39 is 0 Å². The third-order valence-corrected chi connectivity index (χ3v) is 3.48. The summed E-state index contributed by atoms with van der Waals surface area (Å²) in [5, 5.41) is 3.55. The lowest BCUT2D eigenvalue weighted by Gasteiger charge is -2.26. The lowest BCUT2D eigenvalue weighted by Crippen LogP contribution is -2.20. The van der Waals surface area contributed by atoms with Crippen LogP contribution < -0.4 is 5.32 Å². The Kier molecular flexibility index (Phi) is 1.76. The fraction of sp³-hybridized carbons (Fsp3) is 1.00. The molecule has 1 saturated heterocycles. The van der Waals surface area contributed by atoms with E-state index in [9.17, 15) is 0 Å². The monoisotopic (exact) mass is 167 g/mol. The van der Waals surface area contributed by atoms with Crippen LogP contribution in [-0.2, 0) is 0 Å². The van der Waals surface area contributed by atoms with Crippen molar-refractivity contribution in [1.29, 1.82) is 0 Å². The molecule has 1 saturated carbocycles. The van der Waals surface area contributed by atoms with Gasteiger partial charge in [-0.25, -0.2) is 0 Å². The SMILES string of the molecule is CC(C)(C)CC1CNCC12CC2. The van der Waals surface area contributed by atoms with Gasteiger partial charge < -0.3 is 5.32 Å². The van der Waals surface area contributed by atoms with E-state index in [1.165, 1.54) is 32.4 Å². The third kappa shape index (κ3) is 1.52. The van der Waals surface area contributed by atoms with E-state index in [1.807, 2.05) is 0 Å². The Morgan fingerprint density at radius 1 is 1.33 bits per heavy atom. The Morgan fingerprint density at radius 2 is 2.00 bits per heavy atom. The molecule has 1 heterocycles. The molecule has 2 aliphatic rings. The predicted octanol–water partition coefficient (Wildman–Crippen LogP) is 2.42. The lowest BCUT2D eigenvalue weighted by atomic mass is 9.78. The van der Waals surface area contributed by atoms with Crippen molar-refractivity contribution >= 4 is 0 Å². The summed E-state index contributed by atoms with van der Waals surface area (Å²) in [5.74, 6) is 0.970. The molecule has 1 aliphatic heterocycles. The molecule has 0 amide bonds.